The van der Waals surface area contributed by atoms with Crippen molar-refractivity contribution >= 4 is 15.9 Å². The van der Waals surface area contributed by atoms with Gasteiger partial charge in [-0.05, 0) is 32.6 Å². The second-order valence-electron chi connectivity index (χ2n) is 5.75. The van der Waals surface area contributed by atoms with Gasteiger partial charge in [0.2, 0.25) is 0 Å². The molecule has 88 valence electrons. The van der Waals surface area contributed by atoms with Crippen LogP contribution in [0.4, 0.5) is 0 Å². The number of halogens is 1. The van der Waals surface area contributed by atoms with Crippen molar-refractivity contribution in [3.63, 3.8) is 0 Å². The van der Waals surface area contributed by atoms with Crippen LogP contribution in [0, 0.1) is 5.92 Å². The highest BCUT2D eigenvalue weighted by atomic mass is 79.9. The average Bonchev–Trinajstić information content (AvgIpc) is 2.58. The fourth-order valence-corrected chi connectivity index (χ4v) is 3.24. The third-order valence-electron chi connectivity index (χ3n) is 3.61. The summed E-state index contributed by atoms with van der Waals surface area (Å²) in [5.41, 5.74) is 0.115. The van der Waals surface area contributed by atoms with Gasteiger partial charge in [0.05, 0.1) is 11.7 Å². The van der Waals surface area contributed by atoms with E-state index >= 15 is 0 Å². The highest BCUT2D eigenvalue weighted by Gasteiger charge is 2.35. The highest BCUT2D eigenvalue weighted by Crippen LogP contribution is 2.31. The van der Waals surface area contributed by atoms with Crippen LogP contribution in [0.3, 0.4) is 0 Å². The summed E-state index contributed by atoms with van der Waals surface area (Å²) in [6.07, 6.45) is 2.90. The molecule has 0 aromatic carbocycles. The Bertz CT molecular complexity index is 222. The third kappa shape index (κ3) is 2.95. The summed E-state index contributed by atoms with van der Waals surface area (Å²) in [6.45, 7) is 10.2. The Labute approximate surface area is 101 Å². The first-order valence-corrected chi connectivity index (χ1v) is 6.92. The van der Waals surface area contributed by atoms with E-state index in [1.54, 1.807) is 0 Å². The van der Waals surface area contributed by atoms with Gasteiger partial charge in [0.15, 0.2) is 0 Å². The molecule has 3 unspecified atom stereocenters. The van der Waals surface area contributed by atoms with Crippen molar-refractivity contribution in [3.05, 3.63) is 0 Å². The number of hydrogen-bond donors (Lipinski definition) is 0. The van der Waals surface area contributed by atoms with E-state index in [1.165, 1.54) is 25.9 Å². The molecule has 3 heteroatoms. The van der Waals surface area contributed by atoms with Crippen LogP contribution in [0.1, 0.15) is 33.6 Å². The van der Waals surface area contributed by atoms with E-state index in [1.807, 2.05) is 0 Å². The average molecular weight is 276 g/mol. The number of rotatable bonds is 2. The fraction of sp³-hybridized carbons (Fsp3) is 1.00. The van der Waals surface area contributed by atoms with Gasteiger partial charge < -0.3 is 4.74 Å². The summed E-state index contributed by atoms with van der Waals surface area (Å²) in [4.78, 5) is 3.21. The zero-order valence-electron chi connectivity index (χ0n) is 10.0. The molecule has 0 amide bonds. The van der Waals surface area contributed by atoms with Crippen LogP contribution in [0.5, 0.6) is 0 Å². The largest absolute Gasteiger partial charge is 0.371 e. The van der Waals surface area contributed by atoms with E-state index in [4.69, 9.17) is 4.74 Å². The van der Waals surface area contributed by atoms with Crippen molar-refractivity contribution in [1.82, 2.24) is 4.90 Å². The molecule has 2 saturated heterocycles. The number of alkyl halides is 1. The Kier molecular flexibility index (Phi) is 3.44. The molecule has 2 fully saturated rings. The molecule has 0 radical (unpaired) electrons. The minimum atomic E-state index is 0.115. The molecule has 0 aliphatic carbocycles. The van der Waals surface area contributed by atoms with Crippen molar-refractivity contribution in [2.75, 3.05) is 19.6 Å². The molecule has 2 nitrogen and oxygen atoms in total. The first-order valence-electron chi connectivity index (χ1n) is 6.00. The number of hydrogen-bond acceptors (Lipinski definition) is 2. The smallest absolute Gasteiger partial charge is 0.0710 e. The number of ether oxygens (including phenoxy) is 1. The maximum absolute atomic E-state index is 6.02. The van der Waals surface area contributed by atoms with Crippen molar-refractivity contribution < 1.29 is 4.74 Å². The topological polar surface area (TPSA) is 12.5 Å². The quantitative estimate of drug-likeness (QED) is 0.719. The van der Waals surface area contributed by atoms with E-state index in [2.05, 4.69) is 41.6 Å². The molecule has 15 heavy (non-hydrogen) atoms. The van der Waals surface area contributed by atoms with Crippen LogP contribution in [0.15, 0.2) is 0 Å². The molecule has 0 aromatic rings. The molecule has 0 saturated carbocycles. The van der Waals surface area contributed by atoms with Crippen LogP contribution in [0.25, 0.3) is 0 Å². The van der Waals surface area contributed by atoms with Crippen LogP contribution < -0.4 is 0 Å². The number of nitrogens with zero attached hydrogens (tertiary/aromatic N) is 1. The van der Waals surface area contributed by atoms with E-state index in [0.29, 0.717) is 10.9 Å². The van der Waals surface area contributed by atoms with Crippen molar-refractivity contribution in [3.8, 4) is 0 Å². The summed E-state index contributed by atoms with van der Waals surface area (Å²) < 4.78 is 6.02. The van der Waals surface area contributed by atoms with Gasteiger partial charge in [-0.25, -0.2) is 0 Å². The van der Waals surface area contributed by atoms with Gasteiger partial charge in [0.1, 0.15) is 0 Å². The van der Waals surface area contributed by atoms with Gasteiger partial charge in [-0.2, -0.15) is 0 Å². The van der Waals surface area contributed by atoms with Gasteiger partial charge in [0.25, 0.3) is 0 Å². The summed E-state index contributed by atoms with van der Waals surface area (Å²) in [7, 11) is 0. The van der Waals surface area contributed by atoms with Gasteiger partial charge >= 0.3 is 0 Å². The molecular formula is C12H22BrNO. The van der Waals surface area contributed by atoms with E-state index in [9.17, 15) is 0 Å². The lowest BCUT2D eigenvalue weighted by atomic mass is 10.1. The Hall–Kier alpha value is 0.400. The van der Waals surface area contributed by atoms with E-state index in [-0.39, 0.29) is 5.60 Å². The molecule has 0 bridgehead atoms. The van der Waals surface area contributed by atoms with Gasteiger partial charge in [-0.1, -0.05) is 22.9 Å². The van der Waals surface area contributed by atoms with Gasteiger partial charge in [-0.15, -0.1) is 0 Å². The molecule has 2 aliphatic rings. The first-order chi connectivity index (χ1) is 6.96. The van der Waals surface area contributed by atoms with Crippen molar-refractivity contribution in [1.29, 1.82) is 0 Å². The summed E-state index contributed by atoms with van der Waals surface area (Å²) in [5.74, 6) is 0.777. The summed E-state index contributed by atoms with van der Waals surface area (Å²) >= 11 is 3.73. The summed E-state index contributed by atoms with van der Waals surface area (Å²) in [5, 5.41) is 0. The zero-order valence-corrected chi connectivity index (χ0v) is 11.6. The molecule has 2 rings (SSSR count). The summed E-state index contributed by atoms with van der Waals surface area (Å²) in [6, 6.07) is 0. The van der Waals surface area contributed by atoms with E-state index < -0.39 is 0 Å². The first kappa shape index (κ1) is 11.9. The molecular weight excluding hydrogens is 254 g/mol. The second-order valence-corrected chi connectivity index (χ2v) is 6.93. The fourth-order valence-electron chi connectivity index (χ4n) is 2.67. The lowest BCUT2D eigenvalue weighted by molar-refractivity contribution is -0.0264. The standard InChI is InChI=1S/C12H22BrNO/c1-9-6-14(8-11(9)13)7-10-4-5-12(2,3)15-10/h9-11H,4-8H2,1-3H3. The van der Waals surface area contributed by atoms with Gasteiger partial charge in [-0.3, -0.25) is 4.90 Å². The lowest BCUT2D eigenvalue weighted by Crippen LogP contribution is -2.32. The molecule has 0 spiro atoms. The Morgan fingerprint density at radius 2 is 2.13 bits per heavy atom. The molecule has 3 atom stereocenters. The Balaban J connectivity index is 1.79. The second kappa shape index (κ2) is 4.34. The predicted octanol–water partition coefficient (Wildman–Crippen LogP) is 2.66. The lowest BCUT2D eigenvalue weighted by Gasteiger charge is -2.23. The van der Waals surface area contributed by atoms with Crippen LogP contribution in [0.2, 0.25) is 0 Å². The van der Waals surface area contributed by atoms with Crippen LogP contribution >= 0.6 is 15.9 Å². The SMILES string of the molecule is CC1CN(CC2CCC(C)(C)O2)CC1Br. The molecule has 2 aliphatic heterocycles. The van der Waals surface area contributed by atoms with Crippen molar-refractivity contribution in [2.24, 2.45) is 5.92 Å². The monoisotopic (exact) mass is 275 g/mol. The number of likely N-dealkylation sites (tertiary alicyclic amines) is 1. The maximum Gasteiger partial charge on any atom is 0.0710 e. The normalized spacial score (nSPS) is 41.2. The van der Waals surface area contributed by atoms with Gasteiger partial charge in [0, 0.05) is 24.5 Å². The molecule has 0 aromatic heterocycles. The third-order valence-corrected chi connectivity index (χ3v) is 4.80. The minimum Gasteiger partial charge on any atom is -0.371 e. The van der Waals surface area contributed by atoms with Crippen LogP contribution in [-0.2, 0) is 4.74 Å². The van der Waals surface area contributed by atoms with Crippen LogP contribution in [-0.4, -0.2) is 41.1 Å². The van der Waals surface area contributed by atoms with Crippen molar-refractivity contribution in [2.45, 2.75) is 50.1 Å². The Morgan fingerprint density at radius 3 is 2.60 bits per heavy atom. The maximum atomic E-state index is 6.02. The minimum absolute atomic E-state index is 0.115. The highest BCUT2D eigenvalue weighted by molar-refractivity contribution is 9.09. The Morgan fingerprint density at radius 1 is 1.40 bits per heavy atom. The molecule has 2 heterocycles. The zero-order chi connectivity index (χ0) is 11.1. The molecule has 0 N–H and O–H groups in total. The van der Waals surface area contributed by atoms with E-state index in [0.717, 1.165) is 12.5 Å². The predicted molar refractivity (Wildman–Crippen MR) is 66.5 cm³/mol.